The minimum absolute atomic E-state index is 0.00395. The Morgan fingerprint density at radius 1 is 1.32 bits per heavy atom. The van der Waals surface area contributed by atoms with Gasteiger partial charge in [0.2, 0.25) is 5.95 Å². The second-order valence-corrected chi connectivity index (χ2v) is 10.6. The molecule has 16 heteroatoms. The smallest absolute Gasteiger partial charge is 0.331 e. The first kappa shape index (κ1) is 32.3. The Morgan fingerprint density at radius 2 is 2.05 bits per heavy atom. The first-order chi connectivity index (χ1) is 19.7. The summed E-state index contributed by atoms with van der Waals surface area (Å²) in [6.45, 7) is 1.90. The number of nitrogens with two attached hydrogens (primary N) is 1. The molecule has 1 amide bonds. The van der Waals surface area contributed by atoms with Crippen LogP contribution >= 0.6 is 19.9 Å². The van der Waals surface area contributed by atoms with Gasteiger partial charge >= 0.3 is 8.60 Å². The third-order valence-corrected chi connectivity index (χ3v) is 7.21. The molecule has 1 aliphatic rings. The van der Waals surface area contributed by atoms with Crippen LogP contribution in [0.5, 0.6) is 0 Å². The van der Waals surface area contributed by atoms with Gasteiger partial charge < -0.3 is 25.6 Å². The van der Waals surface area contributed by atoms with Crippen LogP contribution in [0, 0.1) is 11.8 Å². The maximum Gasteiger partial charge on any atom is 0.331 e. The molecule has 1 saturated carbocycles. The summed E-state index contributed by atoms with van der Waals surface area (Å²) in [6, 6.07) is 1.84. The lowest BCUT2D eigenvalue weighted by Gasteiger charge is -2.18. The predicted octanol–water partition coefficient (Wildman–Crippen LogP) is 3.98. The molecule has 1 atom stereocenters. The number of carbonyl (C=O) groups is 1. The number of thiazole rings is 1. The van der Waals surface area contributed by atoms with Crippen LogP contribution in [0.25, 0.3) is 16.3 Å². The molecule has 0 aromatic carbocycles. The van der Waals surface area contributed by atoms with Crippen LogP contribution in [0.3, 0.4) is 0 Å². The van der Waals surface area contributed by atoms with Crippen LogP contribution < -0.4 is 11.1 Å². The van der Waals surface area contributed by atoms with Crippen LogP contribution in [-0.2, 0) is 15.8 Å². The molecule has 1 aliphatic carbocycles. The van der Waals surface area contributed by atoms with E-state index < -0.39 is 32.0 Å². The number of rotatable bonds is 10. The lowest BCUT2D eigenvalue weighted by atomic mass is 9.96. The number of hydrogen-bond acceptors (Lipinski definition) is 11. The van der Waals surface area contributed by atoms with Gasteiger partial charge in [-0.15, -0.1) is 11.3 Å². The number of hydrogen-bond donors (Lipinski definition) is 4. The Kier molecular flexibility index (Phi) is 12.8. The molecule has 0 saturated heterocycles. The van der Waals surface area contributed by atoms with Gasteiger partial charge in [-0.1, -0.05) is 19.3 Å². The van der Waals surface area contributed by atoms with Gasteiger partial charge in [-0.25, -0.2) is 19.0 Å². The van der Waals surface area contributed by atoms with Crippen molar-refractivity contribution in [3.63, 3.8) is 0 Å². The van der Waals surface area contributed by atoms with Crippen LogP contribution in [0.2, 0.25) is 0 Å². The molecular weight excluding hydrogens is 579 g/mol. The molecule has 0 radical (unpaired) electrons. The lowest BCUT2D eigenvalue weighted by Crippen LogP contribution is -2.27. The van der Waals surface area contributed by atoms with Crippen molar-refractivity contribution in [1.82, 2.24) is 25.1 Å². The normalized spacial score (nSPS) is 15.3. The van der Waals surface area contributed by atoms with Gasteiger partial charge in [-0.3, -0.25) is 14.3 Å². The quantitative estimate of drug-likeness (QED) is 0.150. The minimum Gasteiger partial charge on any atom is -0.397 e. The van der Waals surface area contributed by atoms with E-state index in [1.165, 1.54) is 35.5 Å². The number of aliphatic hydroxyl groups excluding tert-OH is 1. The van der Waals surface area contributed by atoms with E-state index in [1.54, 1.807) is 18.5 Å². The van der Waals surface area contributed by atoms with E-state index in [9.17, 15) is 18.5 Å². The number of aromatic nitrogens is 4. The van der Waals surface area contributed by atoms with E-state index >= 15 is 0 Å². The van der Waals surface area contributed by atoms with E-state index in [0.717, 1.165) is 44.2 Å². The zero-order chi connectivity index (χ0) is 29.8. The number of carbonyl (C=O) groups excluding carboxylic acids is 1. The Labute approximate surface area is 241 Å². The molecular formula is C25H32F2N7O5PS. The van der Waals surface area contributed by atoms with E-state index in [2.05, 4.69) is 29.9 Å². The Hall–Kier alpha value is -3.20. The summed E-state index contributed by atoms with van der Waals surface area (Å²) < 4.78 is 39.3. The monoisotopic (exact) mass is 611 g/mol. The summed E-state index contributed by atoms with van der Waals surface area (Å²) >= 11 is 1.21. The number of aliphatic hydroxyl groups is 1. The molecule has 3 heterocycles. The first-order valence-electron chi connectivity index (χ1n) is 12.7. The van der Waals surface area contributed by atoms with Crippen molar-refractivity contribution in [2.24, 2.45) is 10.7 Å². The molecule has 5 N–H and O–H groups in total. The largest absolute Gasteiger partial charge is 0.397 e. The second kappa shape index (κ2) is 16.3. The van der Waals surface area contributed by atoms with E-state index in [1.807, 2.05) is 0 Å². The van der Waals surface area contributed by atoms with Gasteiger partial charge in [0, 0.05) is 37.1 Å². The highest BCUT2D eigenvalue weighted by Crippen LogP contribution is 2.31. The van der Waals surface area contributed by atoms with Crippen molar-refractivity contribution in [3.05, 3.63) is 58.8 Å². The highest BCUT2D eigenvalue weighted by atomic mass is 32.1. The van der Waals surface area contributed by atoms with Gasteiger partial charge in [0.15, 0.2) is 5.82 Å². The summed E-state index contributed by atoms with van der Waals surface area (Å²) in [7, 11) is -0.672. The molecule has 3 aromatic rings. The zero-order valence-corrected chi connectivity index (χ0v) is 24.2. The van der Waals surface area contributed by atoms with Crippen LogP contribution in [0.1, 0.15) is 55.2 Å². The maximum atomic E-state index is 14.4. The average molecular weight is 612 g/mol. The summed E-state index contributed by atoms with van der Waals surface area (Å²) in [5, 5.41) is 16.4. The van der Waals surface area contributed by atoms with E-state index in [-0.39, 0.29) is 36.5 Å². The predicted molar refractivity (Wildman–Crippen MR) is 151 cm³/mol. The molecule has 12 nitrogen and oxygen atoms in total. The highest BCUT2D eigenvalue weighted by Gasteiger charge is 2.19. The first-order valence-corrected chi connectivity index (χ1v) is 14.7. The zero-order valence-electron chi connectivity index (χ0n) is 22.5. The number of allylic oxidation sites excluding steroid dienone is 1. The topological polar surface area (TPSA) is 170 Å². The van der Waals surface area contributed by atoms with Crippen molar-refractivity contribution in [1.29, 1.82) is 0 Å². The summed E-state index contributed by atoms with van der Waals surface area (Å²) in [6.07, 6.45) is 9.56. The molecule has 1 unspecified atom stereocenters. The van der Waals surface area contributed by atoms with E-state index in [4.69, 9.17) is 15.4 Å². The SMILES string of the molecule is CCO.COP(O)OCn1cc(-c2nc(C(=O)N/C(C=NC3CCCCC3)=C(/N)c3nc(F)ccc3F)cs2)cn1. The molecule has 4 rings (SSSR count). The van der Waals surface area contributed by atoms with Crippen molar-refractivity contribution in [2.75, 3.05) is 13.7 Å². The summed E-state index contributed by atoms with van der Waals surface area (Å²) in [5.41, 5.74) is 6.16. The fourth-order valence-corrected chi connectivity index (χ4v) is 4.81. The van der Waals surface area contributed by atoms with Gasteiger partial charge in [-0.2, -0.15) is 9.49 Å². The fraction of sp³-hybridized carbons (Fsp3) is 0.400. The van der Waals surface area contributed by atoms with E-state index in [0.29, 0.717) is 10.6 Å². The van der Waals surface area contributed by atoms with Crippen LogP contribution in [0.4, 0.5) is 8.78 Å². The molecule has 222 valence electrons. The van der Waals surface area contributed by atoms with Crippen molar-refractivity contribution in [2.45, 2.75) is 51.8 Å². The Balaban J connectivity index is 0.00000147. The number of aliphatic imine (C=N–C) groups is 1. The molecule has 0 spiro atoms. The number of amides is 1. The third-order valence-electron chi connectivity index (χ3n) is 5.67. The minimum atomic E-state index is -2.00. The molecule has 3 aromatic heterocycles. The number of pyridine rings is 1. The van der Waals surface area contributed by atoms with Crippen LogP contribution in [0.15, 0.2) is 40.6 Å². The summed E-state index contributed by atoms with van der Waals surface area (Å²) in [4.78, 5) is 34.9. The van der Waals surface area contributed by atoms with Gasteiger partial charge in [0.05, 0.1) is 23.6 Å². The second-order valence-electron chi connectivity index (χ2n) is 8.62. The van der Waals surface area contributed by atoms with Gasteiger partial charge in [0.25, 0.3) is 5.91 Å². The lowest BCUT2D eigenvalue weighted by molar-refractivity contribution is 0.0964. The van der Waals surface area contributed by atoms with Crippen LogP contribution in [-0.4, -0.2) is 61.6 Å². The van der Waals surface area contributed by atoms with Crippen molar-refractivity contribution >= 4 is 37.8 Å². The van der Waals surface area contributed by atoms with Crippen molar-refractivity contribution < 1.29 is 32.6 Å². The highest BCUT2D eigenvalue weighted by molar-refractivity contribution is 7.40. The van der Waals surface area contributed by atoms with Gasteiger partial charge in [-0.05, 0) is 31.9 Å². The fourth-order valence-electron chi connectivity index (χ4n) is 3.72. The Bertz CT molecular complexity index is 1350. The number of nitrogens with one attached hydrogen (secondary N) is 1. The number of halogens is 2. The standard InChI is InChI=1S/C23H26F2N7O4PS.C2H6O/c1-35-37(34)36-13-32-11-14(9-28-32)23-30-18(12-38-23)22(33)29-17(10-27-15-5-3-2-4-6-15)20(26)21-16(24)7-8-19(25)31-21;1-2-3/h7-12,15,34H,2-6,13,26H2,1H3,(H,29,33);3H,2H2,1H3/b20-17+,27-10?;. The molecule has 0 aliphatic heterocycles. The molecule has 41 heavy (non-hydrogen) atoms. The average Bonchev–Trinajstić information content (AvgIpc) is 3.66. The van der Waals surface area contributed by atoms with Gasteiger partial charge in [0.1, 0.15) is 23.1 Å². The van der Waals surface area contributed by atoms with Crippen molar-refractivity contribution in [3.8, 4) is 10.6 Å². The maximum absolute atomic E-state index is 14.4. The third kappa shape index (κ3) is 9.69. The molecule has 0 bridgehead atoms. The number of nitrogens with zero attached hydrogens (tertiary/aromatic N) is 5. The Morgan fingerprint density at radius 3 is 2.76 bits per heavy atom. The summed E-state index contributed by atoms with van der Waals surface area (Å²) in [5.74, 6) is -2.36. The molecule has 1 fully saturated rings.